The summed E-state index contributed by atoms with van der Waals surface area (Å²) in [5.41, 5.74) is 7.11. The second kappa shape index (κ2) is 4.33. The summed E-state index contributed by atoms with van der Waals surface area (Å²) in [5, 5.41) is 7.42. The number of allylic oxidation sites excluding steroid dienone is 3. The molecule has 1 aliphatic carbocycles. The normalized spacial score (nSPS) is 24.4. The van der Waals surface area contributed by atoms with Crippen molar-refractivity contribution in [3.8, 4) is 0 Å². The van der Waals surface area contributed by atoms with Gasteiger partial charge in [0.1, 0.15) is 0 Å². The molecule has 3 aliphatic rings. The molecule has 0 amide bonds. The lowest BCUT2D eigenvalue weighted by molar-refractivity contribution is -0.146. The molecule has 0 saturated carbocycles. The van der Waals surface area contributed by atoms with Gasteiger partial charge in [0.15, 0.2) is 0 Å². The molecule has 0 radical (unpaired) electrons. The number of hydrogen-bond acceptors (Lipinski definition) is 5. The summed E-state index contributed by atoms with van der Waals surface area (Å²) < 4.78 is 5.16. The molecule has 2 heterocycles. The molecule has 0 aromatic rings. The Morgan fingerprint density at radius 2 is 2.50 bits per heavy atom. The van der Waals surface area contributed by atoms with Crippen molar-refractivity contribution in [1.29, 1.82) is 0 Å². The van der Waals surface area contributed by atoms with Crippen LogP contribution in [-0.2, 0) is 9.53 Å². The van der Waals surface area contributed by atoms with Crippen molar-refractivity contribution in [3.63, 3.8) is 0 Å². The van der Waals surface area contributed by atoms with Gasteiger partial charge in [-0.1, -0.05) is 0 Å². The minimum atomic E-state index is -0.177. The molecule has 0 bridgehead atoms. The standard InChI is InChI=1S/C13H15N3O2/c1-2-18-13(17)9-5-8-6-15-16-11-3-4-14-7-10(9)12(8)11/h3-4,6,9,14-15H,2,5,7H2,1H3. The first-order chi connectivity index (χ1) is 8.81. The Morgan fingerprint density at radius 1 is 1.61 bits per heavy atom. The molecule has 1 unspecified atom stereocenters. The van der Waals surface area contributed by atoms with Crippen LogP contribution in [0.2, 0.25) is 0 Å². The molecule has 5 heteroatoms. The van der Waals surface area contributed by atoms with E-state index in [9.17, 15) is 4.79 Å². The second-order valence-corrected chi connectivity index (χ2v) is 4.42. The smallest absolute Gasteiger partial charge is 0.313 e. The number of carbonyl (C=O) groups is 1. The molecule has 1 atom stereocenters. The average molecular weight is 245 g/mol. The second-order valence-electron chi connectivity index (χ2n) is 4.42. The Kier molecular flexibility index (Phi) is 2.66. The highest BCUT2D eigenvalue weighted by atomic mass is 16.5. The zero-order valence-corrected chi connectivity index (χ0v) is 10.2. The quantitative estimate of drug-likeness (QED) is 0.707. The van der Waals surface area contributed by atoms with Crippen molar-refractivity contribution >= 4 is 11.7 Å². The van der Waals surface area contributed by atoms with E-state index >= 15 is 0 Å². The van der Waals surface area contributed by atoms with Crippen molar-refractivity contribution in [2.45, 2.75) is 13.3 Å². The number of carbonyl (C=O) groups excluding carboxylic acids is 1. The Bertz CT molecular complexity index is 514. The maximum Gasteiger partial charge on any atom is 0.313 e. The number of nitrogens with zero attached hydrogens (tertiary/aromatic N) is 1. The lowest BCUT2D eigenvalue weighted by atomic mass is 10.00. The van der Waals surface area contributed by atoms with Gasteiger partial charge in [-0.15, -0.1) is 0 Å². The number of rotatable bonds is 2. The van der Waals surface area contributed by atoms with Crippen molar-refractivity contribution in [3.05, 3.63) is 35.2 Å². The topological polar surface area (TPSA) is 62.7 Å². The first-order valence-electron chi connectivity index (χ1n) is 6.14. The van der Waals surface area contributed by atoms with Gasteiger partial charge in [-0.05, 0) is 36.8 Å². The zero-order chi connectivity index (χ0) is 12.5. The number of nitrogens with one attached hydrogen (secondary N) is 2. The fourth-order valence-corrected chi connectivity index (χ4v) is 2.63. The van der Waals surface area contributed by atoms with Gasteiger partial charge in [0.25, 0.3) is 0 Å². The number of hydrogen-bond donors (Lipinski definition) is 2. The molecule has 2 aliphatic heterocycles. The Morgan fingerprint density at radius 3 is 3.33 bits per heavy atom. The van der Waals surface area contributed by atoms with Gasteiger partial charge in [0.05, 0.1) is 18.2 Å². The average Bonchev–Trinajstić information content (AvgIpc) is 2.60. The van der Waals surface area contributed by atoms with Crippen LogP contribution >= 0.6 is 0 Å². The monoisotopic (exact) mass is 245 g/mol. The van der Waals surface area contributed by atoms with E-state index in [2.05, 4.69) is 15.8 Å². The highest BCUT2D eigenvalue weighted by Gasteiger charge is 2.37. The van der Waals surface area contributed by atoms with Crippen LogP contribution in [0, 0.1) is 5.92 Å². The van der Waals surface area contributed by atoms with Gasteiger partial charge < -0.3 is 10.1 Å². The van der Waals surface area contributed by atoms with E-state index in [0.717, 1.165) is 22.4 Å². The van der Waals surface area contributed by atoms with Crippen LogP contribution in [0.5, 0.6) is 0 Å². The summed E-state index contributed by atoms with van der Waals surface area (Å²) in [6.45, 7) is 2.92. The van der Waals surface area contributed by atoms with Crippen LogP contribution in [0.3, 0.4) is 0 Å². The summed E-state index contributed by atoms with van der Waals surface area (Å²) in [6, 6.07) is 0. The highest BCUT2D eigenvalue weighted by Crippen LogP contribution is 2.39. The lowest BCUT2D eigenvalue weighted by Crippen LogP contribution is -2.22. The van der Waals surface area contributed by atoms with Crippen LogP contribution in [0.25, 0.3) is 0 Å². The van der Waals surface area contributed by atoms with Crippen LogP contribution in [0.4, 0.5) is 0 Å². The SMILES string of the molecule is CCOC(=O)C1CC2=CNN=C3C=CNCC1=C23. The van der Waals surface area contributed by atoms with Gasteiger partial charge in [-0.2, -0.15) is 5.10 Å². The van der Waals surface area contributed by atoms with Crippen LogP contribution < -0.4 is 10.7 Å². The van der Waals surface area contributed by atoms with Gasteiger partial charge >= 0.3 is 5.97 Å². The van der Waals surface area contributed by atoms with Gasteiger partial charge in [0, 0.05) is 18.3 Å². The molecule has 94 valence electrons. The predicted octanol–water partition coefficient (Wildman–Crippen LogP) is 0.826. The third-order valence-corrected chi connectivity index (χ3v) is 3.39. The summed E-state index contributed by atoms with van der Waals surface area (Å²) in [5.74, 6) is -0.318. The lowest BCUT2D eigenvalue weighted by Gasteiger charge is -2.13. The van der Waals surface area contributed by atoms with Crippen LogP contribution in [0.15, 0.2) is 40.3 Å². The van der Waals surface area contributed by atoms with Gasteiger partial charge in [0.2, 0.25) is 0 Å². The fourth-order valence-electron chi connectivity index (χ4n) is 2.63. The first kappa shape index (κ1) is 11.1. The first-order valence-corrected chi connectivity index (χ1v) is 6.14. The number of hydrazone groups is 1. The molecular weight excluding hydrogens is 230 g/mol. The molecule has 0 aromatic carbocycles. The Balaban J connectivity index is 2.00. The molecule has 3 rings (SSSR count). The van der Waals surface area contributed by atoms with E-state index in [-0.39, 0.29) is 11.9 Å². The van der Waals surface area contributed by atoms with Crippen molar-refractivity contribution in [2.24, 2.45) is 11.0 Å². The summed E-state index contributed by atoms with van der Waals surface area (Å²) in [7, 11) is 0. The largest absolute Gasteiger partial charge is 0.466 e. The van der Waals surface area contributed by atoms with Crippen molar-refractivity contribution in [2.75, 3.05) is 13.2 Å². The minimum Gasteiger partial charge on any atom is -0.466 e. The van der Waals surface area contributed by atoms with E-state index < -0.39 is 0 Å². The molecule has 0 aromatic heterocycles. The van der Waals surface area contributed by atoms with Crippen molar-refractivity contribution in [1.82, 2.24) is 10.7 Å². The zero-order valence-electron chi connectivity index (χ0n) is 10.2. The summed E-state index contributed by atoms with van der Waals surface area (Å²) >= 11 is 0. The van der Waals surface area contributed by atoms with Crippen LogP contribution in [-0.4, -0.2) is 24.8 Å². The Labute approximate surface area is 105 Å². The van der Waals surface area contributed by atoms with Gasteiger partial charge in [-0.3, -0.25) is 10.2 Å². The molecule has 18 heavy (non-hydrogen) atoms. The van der Waals surface area contributed by atoms with E-state index in [1.807, 2.05) is 25.4 Å². The molecule has 0 saturated heterocycles. The van der Waals surface area contributed by atoms with E-state index in [4.69, 9.17) is 4.74 Å². The third-order valence-electron chi connectivity index (χ3n) is 3.39. The number of ether oxygens (including phenoxy) is 1. The maximum absolute atomic E-state index is 12.0. The van der Waals surface area contributed by atoms with Crippen molar-refractivity contribution < 1.29 is 9.53 Å². The predicted molar refractivity (Wildman–Crippen MR) is 67.6 cm³/mol. The summed E-state index contributed by atoms with van der Waals surface area (Å²) in [4.78, 5) is 12.0. The minimum absolute atomic E-state index is 0.140. The highest BCUT2D eigenvalue weighted by molar-refractivity contribution is 6.14. The third kappa shape index (κ3) is 1.63. The maximum atomic E-state index is 12.0. The molecular formula is C13H15N3O2. The fraction of sp³-hybridized carbons (Fsp3) is 0.385. The number of esters is 1. The van der Waals surface area contributed by atoms with Crippen LogP contribution in [0.1, 0.15) is 13.3 Å². The molecule has 5 nitrogen and oxygen atoms in total. The van der Waals surface area contributed by atoms with E-state index in [1.54, 1.807) is 0 Å². The summed E-state index contributed by atoms with van der Waals surface area (Å²) in [6.07, 6.45) is 6.36. The molecule has 0 fully saturated rings. The van der Waals surface area contributed by atoms with E-state index in [0.29, 0.717) is 19.6 Å². The Hall–Kier alpha value is -2.04. The van der Waals surface area contributed by atoms with Gasteiger partial charge in [-0.25, -0.2) is 0 Å². The molecule has 2 N–H and O–H groups in total. The van der Waals surface area contributed by atoms with E-state index in [1.165, 1.54) is 0 Å². The molecule has 0 spiro atoms.